The maximum atomic E-state index is 13.4. The molecule has 3 amide bonds. The van der Waals surface area contributed by atoms with Crippen LogP contribution in [0, 0.1) is 5.92 Å². The summed E-state index contributed by atoms with van der Waals surface area (Å²) in [5, 5.41) is 7.55. The fourth-order valence-electron chi connectivity index (χ4n) is 5.61. The number of aromatic amines is 1. The maximum Gasteiger partial charge on any atom is 0.412 e. The molecule has 3 aromatic carbocycles. The Morgan fingerprint density at radius 3 is 2.29 bits per heavy atom. The minimum Gasteiger partial charge on any atom is -0.453 e. The van der Waals surface area contributed by atoms with E-state index in [4.69, 9.17) is 9.47 Å². The van der Waals surface area contributed by atoms with Gasteiger partial charge in [0, 0.05) is 12.2 Å². The Morgan fingerprint density at radius 2 is 1.60 bits per heavy atom. The highest BCUT2D eigenvalue weighted by atomic mass is 16.6. The lowest BCUT2D eigenvalue weighted by Crippen LogP contribution is -2.51. The molecule has 0 saturated carbocycles. The van der Waals surface area contributed by atoms with Crippen molar-refractivity contribution in [3.8, 4) is 22.4 Å². The van der Waals surface area contributed by atoms with Gasteiger partial charge in [-0.05, 0) is 85.2 Å². The Hall–Kier alpha value is -4.86. The van der Waals surface area contributed by atoms with Gasteiger partial charge in [-0.15, -0.1) is 0 Å². The number of hydrogen-bond acceptors (Lipinski definition) is 6. The smallest absolute Gasteiger partial charge is 0.412 e. The minimum atomic E-state index is -0.675. The fraction of sp³-hybridized carbons (Fsp3) is 0.371. The second-order valence-electron chi connectivity index (χ2n) is 12.7. The van der Waals surface area contributed by atoms with E-state index in [1.54, 1.807) is 6.20 Å². The van der Waals surface area contributed by atoms with Crippen LogP contribution in [0.2, 0.25) is 0 Å². The number of imidazole rings is 1. The summed E-state index contributed by atoms with van der Waals surface area (Å²) in [6.45, 7) is 9.90. The van der Waals surface area contributed by atoms with Crippen LogP contribution in [0.4, 0.5) is 15.3 Å². The lowest BCUT2D eigenvalue weighted by Gasteiger charge is -2.30. The predicted molar refractivity (Wildman–Crippen MR) is 175 cm³/mol. The number of hydrogen-bond donors (Lipinski definition) is 3. The Morgan fingerprint density at radius 1 is 0.933 bits per heavy atom. The summed E-state index contributed by atoms with van der Waals surface area (Å²) in [7, 11) is 1.29. The normalized spacial score (nSPS) is 15.6. The predicted octanol–water partition coefficient (Wildman–Crippen LogP) is 7.29. The van der Waals surface area contributed by atoms with Gasteiger partial charge < -0.3 is 24.7 Å². The number of anilines is 1. The number of alkyl carbamates (subject to hydrolysis) is 1. The number of nitrogens with zero attached hydrogens (tertiary/aromatic N) is 2. The van der Waals surface area contributed by atoms with Gasteiger partial charge in [-0.3, -0.25) is 10.1 Å². The molecule has 0 bridgehead atoms. The molecule has 45 heavy (non-hydrogen) atoms. The lowest BCUT2D eigenvalue weighted by molar-refractivity contribution is -0.135. The number of methoxy groups -OCH3 is 1. The Bertz CT molecular complexity index is 1690. The summed E-state index contributed by atoms with van der Waals surface area (Å²) in [4.78, 5) is 47.4. The first-order valence-electron chi connectivity index (χ1n) is 15.3. The third-order valence-electron chi connectivity index (χ3n) is 7.85. The van der Waals surface area contributed by atoms with E-state index >= 15 is 0 Å². The monoisotopic (exact) mass is 611 g/mol. The van der Waals surface area contributed by atoms with Crippen molar-refractivity contribution in [2.75, 3.05) is 19.0 Å². The van der Waals surface area contributed by atoms with Crippen molar-refractivity contribution in [3.63, 3.8) is 0 Å². The van der Waals surface area contributed by atoms with Gasteiger partial charge in [0.25, 0.3) is 0 Å². The average Bonchev–Trinajstić information content (AvgIpc) is 3.68. The molecular formula is C35H41N5O5. The molecule has 2 atom stereocenters. The van der Waals surface area contributed by atoms with E-state index in [0.29, 0.717) is 12.2 Å². The molecule has 2 heterocycles. The van der Waals surface area contributed by atoms with E-state index in [1.807, 2.05) is 63.8 Å². The minimum absolute atomic E-state index is 0.0928. The highest BCUT2D eigenvalue weighted by Gasteiger charge is 2.37. The van der Waals surface area contributed by atoms with Crippen molar-refractivity contribution < 1.29 is 23.9 Å². The van der Waals surface area contributed by atoms with Gasteiger partial charge in [-0.25, -0.2) is 14.6 Å². The molecule has 1 aliphatic heterocycles. The van der Waals surface area contributed by atoms with Crippen LogP contribution in [0.3, 0.4) is 0 Å². The SMILES string of the molecule is COC(=O)NC(C(=O)N1CCCC1c1ncc(-c2ccc(-c3ccc4cc(NC(=O)OC(C)(C)C)ccc4c3)cc2)[nH]1)C(C)C. The van der Waals surface area contributed by atoms with E-state index in [1.165, 1.54) is 7.11 Å². The zero-order valence-electron chi connectivity index (χ0n) is 26.6. The number of nitrogens with one attached hydrogen (secondary N) is 3. The molecule has 5 rings (SSSR count). The van der Waals surface area contributed by atoms with Crippen LogP contribution in [0.1, 0.15) is 59.3 Å². The van der Waals surface area contributed by atoms with Crippen molar-refractivity contribution >= 4 is 34.6 Å². The van der Waals surface area contributed by atoms with Gasteiger partial charge >= 0.3 is 12.2 Å². The van der Waals surface area contributed by atoms with Crippen molar-refractivity contribution in [2.24, 2.45) is 5.92 Å². The molecule has 2 unspecified atom stereocenters. The second-order valence-corrected chi connectivity index (χ2v) is 12.7. The molecule has 236 valence electrons. The van der Waals surface area contributed by atoms with Gasteiger partial charge in [0.1, 0.15) is 17.5 Å². The standard InChI is InChI=1S/C35H41N5O5/c1-21(2)30(39-33(42)44-6)32(41)40-17-7-8-29(40)31-36-20-28(38-31)23-11-9-22(10-12-23)24-13-14-26-19-27(16-15-25(26)18-24)37-34(43)45-35(3,4)5/h9-16,18-21,29-30H,7-8,17H2,1-6H3,(H,36,38)(H,37,43)(H,39,42). The second kappa shape index (κ2) is 13.0. The van der Waals surface area contributed by atoms with E-state index < -0.39 is 23.8 Å². The van der Waals surface area contributed by atoms with Gasteiger partial charge in [-0.2, -0.15) is 0 Å². The Balaban J connectivity index is 1.28. The zero-order chi connectivity index (χ0) is 32.3. The molecule has 0 spiro atoms. The van der Waals surface area contributed by atoms with Crippen LogP contribution in [-0.2, 0) is 14.3 Å². The number of amides is 3. The molecule has 1 aliphatic rings. The fourth-order valence-corrected chi connectivity index (χ4v) is 5.61. The molecule has 1 fully saturated rings. The molecule has 3 N–H and O–H groups in total. The zero-order valence-corrected chi connectivity index (χ0v) is 26.6. The molecule has 1 aromatic heterocycles. The summed E-state index contributed by atoms with van der Waals surface area (Å²) in [5.74, 6) is 0.506. The number of rotatable bonds is 7. The molecule has 10 heteroatoms. The van der Waals surface area contributed by atoms with Gasteiger partial charge in [-0.1, -0.05) is 56.3 Å². The summed E-state index contributed by atoms with van der Waals surface area (Å²) >= 11 is 0. The van der Waals surface area contributed by atoms with Crippen molar-refractivity contribution in [1.29, 1.82) is 0 Å². The van der Waals surface area contributed by atoms with E-state index in [0.717, 1.165) is 51.8 Å². The first-order chi connectivity index (χ1) is 21.4. The summed E-state index contributed by atoms with van der Waals surface area (Å²) < 4.78 is 10.1. The number of carbonyl (C=O) groups excluding carboxylic acids is 3. The Kier molecular flexibility index (Phi) is 9.13. The van der Waals surface area contributed by atoms with Crippen LogP contribution in [0.15, 0.2) is 66.9 Å². The van der Waals surface area contributed by atoms with Crippen molar-refractivity contribution in [1.82, 2.24) is 20.2 Å². The van der Waals surface area contributed by atoms with Crippen LogP contribution >= 0.6 is 0 Å². The third kappa shape index (κ3) is 7.45. The quantitative estimate of drug-likeness (QED) is 0.202. The number of benzene rings is 3. The lowest BCUT2D eigenvalue weighted by atomic mass is 9.99. The summed E-state index contributed by atoms with van der Waals surface area (Å²) in [6.07, 6.45) is 2.35. The average molecular weight is 612 g/mol. The van der Waals surface area contributed by atoms with Crippen LogP contribution < -0.4 is 10.6 Å². The Labute approximate surface area is 263 Å². The number of fused-ring (bicyclic) bond motifs is 1. The molecule has 0 aliphatic carbocycles. The topological polar surface area (TPSA) is 126 Å². The molecule has 4 aromatic rings. The van der Waals surface area contributed by atoms with Crippen molar-refractivity contribution in [3.05, 3.63) is 72.7 Å². The van der Waals surface area contributed by atoms with E-state index in [-0.39, 0.29) is 17.9 Å². The highest BCUT2D eigenvalue weighted by Crippen LogP contribution is 2.33. The molecule has 1 saturated heterocycles. The molecule has 10 nitrogen and oxygen atoms in total. The van der Waals surface area contributed by atoms with Gasteiger partial charge in [0.2, 0.25) is 5.91 Å². The van der Waals surface area contributed by atoms with Gasteiger partial charge in [0.15, 0.2) is 0 Å². The number of aromatic nitrogens is 2. The summed E-state index contributed by atoms with van der Waals surface area (Å²) in [5.41, 5.74) is 4.11. The van der Waals surface area contributed by atoms with Gasteiger partial charge in [0.05, 0.1) is 25.0 Å². The highest BCUT2D eigenvalue weighted by molar-refractivity contribution is 5.93. The molecule has 0 radical (unpaired) electrons. The third-order valence-corrected chi connectivity index (χ3v) is 7.85. The number of carbonyl (C=O) groups is 3. The van der Waals surface area contributed by atoms with E-state index in [9.17, 15) is 14.4 Å². The summed E-state index contributed by atoms with van der Waals surface area (Å²) in [6, 6.07) is 19.4. The van der Waals surface area contributed by atoms with E-state index in [2.05, 4.69) is 57.0 Å². The maximum absolute atomic E-state index is 13.4. The van der Waals surface area contributed by atoms with Crippen molar-refractivity contribution in [2.45, 2.75) is 65.1 Å². The van der Waals surface area contributed by atoms with Crippen LogP contribution in [-0.4, -0.2) is 58.3 Å². The largest absolute Gasteiger partial charge is 0.453 e. The number of likely N-dealkylation sites (tertiary alicyclic amines) is 1. The van der Waals surface area contributed by atoms with Crippen LogP contribution in [0.25, 0.3) is 33.2 Å². The number of ether oxygens (including phenoxy) is 2. The number of H-pyrrole nitrogens is 1. The first kappa shape index (κ1) is 31.6. The van der Waals surface area contributed by atoms with Crippen LogP contribution in [0.5, 0.6) is 0 Å². The first-order valence-corrected chi connectivity index (χ1v) is 15.3. The molecular weight excluding hydrogens is 570 g/mol.